The van der Waals surface area contributed by atoms with E-state index in [2.05, 4.69) is 12.2 Å². The molecule has 0 radical (unpaired) electrons. The maximum absolute atomic E-state index is 11.7. The summed E-state index contributed by atoms with van der Waals surface area (Å²) in [6.07, 6.45) is 2.71. The first-order valence-corrected chi connectivity index (χ1v) is 5.36. The molecule has 5 heteroatoms. The van der Waals surface area contributed by atoms with Crippen molar-refractivity contribution < 1.29 is 4.79 Å². The van der Waals surface area contributed by atoms with Gasteiger partial charge in [0.1, 0.15) is 5.56 Å². The highest BCUT2D eigenvalue weighted by Crippen LogP contribution is 1.90. The zero-order valence-electron chi connectivity index (χ0n) is 9.40. The van der Waals surface area contributed by atoms with Crippen molar-refractivity contribution in [2.75, 3.05) is 13.1 Å². The SMILES string of the molecule is CCCNCCn1cccc(C(N)=O)c1=O. The van der Waals surface area contributed by atoms with Crippen molar-refractivity contribution in [3.63, 3.8) is 0 Å². The Labute approximate surface area is 94.3 Å². The standard InChI is InChI=1S/C11H17N3O2/c1-2-5-13-6-8-14-7-3-4-9(10(12)15)11(14)16/h3-4,7,13H,2,5-6,8H2,1H3,(H2,12,15). The van der Waals surface area contributed by atoms with Crippen LogP contribution in [0.5, 0.6) is 0 Å². The van der Waals surface area contributed by atoms with Crippen molar-refractivity contribution in [3.8, 4) is 0 Å². The molecule has 0 spiro atoms. The van der Waals surface area contributed by atoms with E-state index in [-0.39, 0.29) is 11.1 Å². The molecule has 0 bridgehead atoms. The average molecular weight is 223 g/mol. The maximum Gasteiger partial charge on any atom is 0.263 e. The fourth-order valence-corrected chi connectivity index (χ4v) is 1.40. The number of primary amides is 1. The van der Waals surface area contributed by atoms with E-state index in [0.29, 0.717) is 13.1 Å². The Kier molecular flexibility index (Phi) is 4.72. The molecule has 0 fully saturated rings. The number of carbonyl (C=O) groups is 1. The van der Waals surface area contributed by atoms with Crippen LogP contribution in [0.25, 0.3) is 0 Å². The zero-order valence-corrected chi connectivity index (χ0v) is 9.40. The van der Waals surface area contributed by atoms with Crippen LogP contribution in [0.15, 0.2) is 23.1 Å². The molecule has 1 amide bonds. The van der Waals surface area contributed by atoms with E-state index < -0.39 is 5.91 Å². The predicted octanol–water partition coefficient (Wildman–Crippen LogP) is -0.0532. The van der Waals surface area contributed by atoms with Gasteiger partial charge in [-0.05, 0) is 25.1 Å². The Bertz CT molecular complexity index is 412. The monoisotopic (exact) mass is 223 g/mol. The topological polar surface area (TPSA) is 77.1 Å². The number of hydrogen-bond acceptors (Lipinski definition) is 3. The molecule has 16 heavy (non-hydrogen) atoms. The van der Waals surface area contributed by atoms with Gasteiger partial charge in [-0.2, -0.15) is 0 Å². The third kappa shape index (κ3) is 3.20. The number of nitrogens with zero attached hydrogens (tertiary/aromatic N) is 1. The van der Waals surface area contributed by atoms with Crippen molar-refractivity contribution >= 4 is 5.91 Å². The first-order valence-electron chi connectivity index (χ1n) is 5.36. The Morgan fingerprint density at radius 3 is 2.88 bits per heavy atom. The number of aromatic nitrogens is 1. The minimum atomic E-state index is -0.680. The lowest BCUT2D eigenvalue weighted by molar-refractivity contribution is 0.0998. The molecule has 5 nitrogen and oxygen atoms in total. The third-order valence-corrected chi connectivity index (χ3v) is 2.24. The van der Waals surface area contributed by atoms with E-state index >= 15 is 0 Å². The van der Waals surface area contributed by atoms with Gasteiger partial charge in [-0.15, -0.1) is 0 Å². The van der Waals surface area contributed by atoms with Gasteiger partial charge in [-0.3, -0.25) is 9.59 Å². The highest BCUT2D eigenvalue weighted by molar-refractivity contribution is 5.92. The van der Waals surface area contributed by atoms with Gasteiger partial charge in [0.2, 0.25) is 0 Å². The van der Waals surface area contributed by atoms with Crippen LogP contribution >= 0.6 is 0 Å². The fraction of sp³-hybridized carbons (Fsp3) is 0.455. The molecule has 1 heterocycles. The van der Waals surface area contributed by atoms with Crippen LogP contribution in [0.1, 0.15) is 23.7 Å². The molecule has 3 N–H and O–H groups in total. The number of rotatable bonds is 6. The van der Waals surface area contributed by atoms with Crippen LogP contribution in [0.2, 0.25) is 0 Å². The molecular formula is C11H17N3O2. The highest BCUT2D eigenvalue weighted by atomic mass is 16.2. The Morgan fingerprint density at radius 2 is 2.25 bits per heavy atom. The zero-order chi connectivity index (χ0) is 12.0. The molecule has 0 aliphatic rings. The van der Waals surface area contributed by atoms with E-state index in [1.165, 1.54) is 10.6 Å². The van der Waals surface area contributed by atoms with Crippen LogP contribution in [0.3, 0.4) is 0 Å². The van der Waals surface area contributed by atoms with Crippen molar-refractivity contribution in [2.45, 2.75) is 19.9 Å². The van der Waals surface area contributed by atoms with Crippen LogP contribution in [0.4, 0.5) is 0 Å². The molecule has 0 saturated carbocycles. The lowest BCUT2D eigenvalue weighted by Gasteiger charge is -2.07. The Morgan fingerprint density at radius 1 is 1.50 bits per heavy atom. The van der Waals surface area contributed by atoms with Crippen LogP contribution in [0, 0.1) is 0 Å². The number of nitrogens with two attached hydrogens (primary N) is 1. The van der Waals surface area contributed by atoms with Gasteiger partial charge in [0.05, 0.1) is 0 Å². The van der Waals surface area contributed by atoms with Gasteiger partial charge in [-0.1, -0.05) is 6.92 Å². The first-order chi connectivity index (χ1) is 7.66. The molecule has 0 saturated heterocycles. The smallest absolute Gasteiger partial charge is 0.263 e. The van der Waals surface area contributed by atoms with E-state index in [4.69, 9.17) is 5.73 Å². The maximum atomic E-state index is 11.7. The average Bonchev–Trinajstić information content (AvgIpc) is 2.26. The first kappa shape index (κ1) is 12.4. The number of carbonyl (C=O) groups excluding carboxylic acids is 1. The normalized spacial score (nSPS) is 10.3. The molecule has 1 rings (SSSR count). The summed E-state index contributed by atoms with van der Waals surface area (Å²) < 4.78 is 1.49. The lowest BCUT2D eigenvalue weighted by Crippen LogP contribution is -2.32. The summed E-state index contributed by atoms with van der Waals surface area (Å²) in [5.74, 6) is -0.680. The van der Waals surface area contributed by atoms with Crippen LogP contribution in [-0.2, 0) is 6.54 Å². The van der Waals surface area contributed by atoms with E-state index in [1.807, 2.05) is 0 Å². The lowest BCUT2D eigenvalue weighted by atomic mass is 10.2. The van der Waals surface area contributed by atoms with Gasteiger partial charge >= 0.3 is 0 Å². The van der Waals surface area contributed by atoms with Gasteiger partial charge in [0.25, 0.3) is 11.5 Å². The quantitative estimate of drug-likeness (QED) is 0.664. The Hall–Kier alpha value is -1.62. The van der Waals surface area contributed by atoms with Gasteiger partial charge in [0.15, 0.2) is 0 Å². The molecule has 0 atom stereocenters. The minimum absolute atomic E-state index is 0.0398. The summed E-state index contributed by atoms with van der Waals surface area (Å²) in [4.78, 5) is 22.7. The molecule has 0 aliphatic heterocycles. The van der Waals surface area contributed by atoms with Gasteiger partial charge in [-0.25, -0.2) is 0 Å². The number of nitrogens with one attached hydrogen (secondary N) is 1. The second-order valence-corrected chi connectivity index (χ2v) is 3.53. The summed E-state index contributed by atoms with van der Waals surface area (Å²) in [7, 11) is 0. The minimum Gasteiger partial charge on any atom is -0.365 e. The summed E-state index contributed by atoms with van der Waals surface area (Å²) in [6, 6.07) is 3.10. The van der Waals surface area contributed by atoms with Gasteiger partial charge in [0, 0.05) is 19.3 Å². The van der Waals surface area contributed by atoms with E-state index in [1.54, 1.807) is 12.3 Å². The fourth-order valence-electron chi connectivity index (χ4n) is 1.40. The molecular weight excluding hydrogens is 206 g/mol. The van der Waals surface area contributed by atoms with Crippen molar-refractivity contribution in [1.29, 1.82) is 0 Å². The van der Waals surface area contributed by atoms with Crippen molar-refractivity contribution in [3.05, 3.63) is 34.2 Å². The highest BCUT2D eigenvalue weighted by Gasteiger charge is 2.07. The molecule has 0 aromatic carbocycles. The number of hydrogen-bond donors (Lipinski definition) is 2. The Balaban J connectivity index is 2.70. The molecule has 1 aromatic rings. The second-order valence-electron chi connectivity index (χ2n) is 3.53. The number of pyridine rings is 1. The van der Waals surface area contributed by atoms with Crippen LogP contribution in [-0.4, -0.2) is 23.6 Å². The molecule has 88 valence electrons. The summed E-state index contributed by atoms with van der Waals surface area (Å²) in [5, 5.41) is 3.18. The third-order valence-electron chi connectivity index (χ3n) is 2.24. The molecule has 0 unspecified atom stereocenters. The molecule has 1 aromatic heterocycles. The largest absolute Gasteiger partial charge is 0.365 e. The summed E-state index contributed by atoms with van der Waals surface area (Å²) in [5.41, 5.74) is 4.81. The van der Waals surface area contributed by atoms with E-state index in [0.717, 1.165) is 13.0 Å². The summed E-state index contributed by atoms with van der Waals surface area (Å²) in [6.45, 7) is 4.24. The number of amides is 1. The van der Waals surface area contributed by atoms with Gasteiger partial charge < -0.3 is 15.6 Å². The summed E-state index contributed by atoms with van der Waals surface area (Å²) >= 11 is 0. The van der Waals surface area contributed by atoms with Crippen molar-refractivity contribution in [1.82, 2.24) is 9.88 Å². The predicted molar refractivity (Wildman–Crippen MR) is 62.4 cm³/mol. The van der Waals surface area contributed by atoms with E-state index in [9.17, 15) is 9.59 Å². The second kappa shape index (κ2) is 6.07. The van der Waals surface area contributed by atoms with Crippen LogP contribution < -0.4 is 16.6 Å². The molecule has 0 aliphatic carbocycles. The van der Waals surface area contributed by atoms with Crippen molar-refractivity contribution in [2.24, 2.45) is 5.73 Å².